The van der Waals surface area contributed by atoms with Crippen LogP contribution in [0.3, 0.4) is 0 Å². The number of carbonyl (C=O) groups excluding carboxylic acids is 1. The third-order valence-corrected chi connectivity index (χ3v) is 1.66. The van der Waals surface area contributed by atoms with Crippen LogP contribution < -0.4 is 5.32 Å². The number of aliphatic carboxylic acids is 2. The summed E-state index contributed by atoms with van der Waals surface area (Å²) in [6, 6.07) is 0. The second-order valence-electron chi connectivity index (χ2n) is 2.67. The molecule has 0 radical (unpaired) electrons. The number of hydrogen-bond acceptors (Lipinski definition) is 4. The van der Waals surface area contributed by atoms with E-state index in [-0.39, 0.29) is 13.0 Å². The lowest BCUT2D eigenvalue weighted by atomic mass is 10.3. The SMILES string of the molecule is O=C(O)/C=C\C(=O)NCC(S)CC(=O)O. The second kappa shape index (κ2) is 6.88. The van der Waals surface area contributed by atoms with Crippen LogP contribution in [0.25, 0.3) is 0 Å². The van der Waals surface area contributed by atoms with Crippen LogP contribution in [0, 0.1) is 0 Å². The Kier molecular flexibility index (Phi) is 6.19. The highest BCUT2D eigenvalue weighted by Crippen LogP contribution is 1.98. The van der Waals surface area contributed by atoms with Gasteiger partial charge in [-0.3, -0.25) is 9.59 Å². The van der Waals surface area contributed by atoms with Gasteiger partial charge in [-0.1, -0.05) is 0 Å². The summed E-state index contributed by atoms with van der Waals surface area (Å²) >= 11 is 3.92. The molecule has 0 rings (SSSR count). The van der Waals surface area contributed by atoms with Crippen molar-refractivity contribution < 1.29 is 24.6 Å². The molecule has 7 heteroatoms. The maximum Gasteiger partial charge on any atom is 0.328 e. The Balaban J connectivity index is 3.80. The van der Waals surface area contributed by atoms with Gasteiger partial charge in [-0.05, 0) is 0 Å². The first-order valence-electron chi connectivity index (χ1n) is 4.00. The molecule has 1 atom stereocenters. The molecule has 1 unspecified atom stereocenters. The summed E-state index contributed by atoms with van der Waals surface area (Å²) in [5.74, 6) is -2.83. The van der Waals surface area contributed by atoms with Crippen LogP contribution in [0.2, 0.25) is 0 Å². The van der Waals surface area contributed by atoms with Crippen molar-refractivity contribution in [3.63, 3.8) is 0 Å². The molecule has 3 N–H and O–H groups in total. The van der Waals surface area contributed by atoms with Crippen LogP contribution in [-0.4, -0.2) is 39.9 Å². The third kappa shape index (κ3) is 8.82. The molecule has 0 bridgehead atoms. The van der Waals surface area contributed by atoms with E-state index in [0.717, 1.165) is 6.08 Å². The van der Waals surface area contributed by atoms with Crippen molar-refractivity contribution in [2.45, 2.75) is 11.7 Å². The van der Waals surface area contributed by atoms with Crippen molar-refractivity contribution in [2.24, 2.45) is 0 Å². The molecule has 0 aliphatic carbocycles. The van der Waals surface area contributed by atoms with Crippen LogP contribution in [0.1, 0.15) is 6.42 Å². The summed E-state index contributed by atoms with van der Waals surface area (Å²) in [5.41, 5.74) is 0. The van der Waals surface area contributed by atoms with Crippen molar-refractivity contribution in [2.75, 3.05) is 6.54 Å². The Labute approximate surface area is 91.4 Å². The van der Waals surface area contributed by atoms with Gasteiger partial charge in [0.2, 0.25) is 5.91 Å². The van der Waals surface area contributed by atoms with E-state index in [1.54, 1.807) is 0 Å². The number of carbonyl (C=O) groups is 3. The number of carboxylic acid groups (broad SMARTS) is 2. The fraction of sp³-hybridized carbons (Fsp3) is 0.375. The van der Waals surface area contributed by atoms with E-state index in [9.17, 15) is 14.4 Å². The van der Waals surface area contributed by atoms with E-state index >= 15 is 0 Å². The second-order valence-corrected chi connectivity index (χ2v) is 3.40. The predicted octanol–water partition coefficient (Wildman–Crippen LogP) is -0.484. The van der Waals surface area contributed by atoms with Gasteiger partial charge >= 0.3 is 11.9 Å². The lowest BCUT2D eigenvalue weighted by Gasteiger charge is -2.07. The van der Waals surface area contributed by atoms with Crippen LogP contribution in [0.15, 0.2) is 12.2 Å². The molecule has 0 saturated carbocycles. The van der Waals surface area contributed by atoms with Crippen molar-refractivity contribution in [3.8, 4) is 0 Å². The molecule has 84 valence electrons. The number of nitrogens with one attached hydrogen (secondary N) is 1. The normalized spacial score (nSPS) is 12.3. The highest BCUT2D eigenvalue weighted by Gasteiger charge is 2.08. The summed E-state index contributed by atoms with van der Waals surface area (Å²) in [5, 5.41) is 18.4. The first-order chi connectivity index (χ1) is 6.91. The van der Waals surface area contributed by atoms with Gasteiger partial charge in [-0.25, -0.2) is 4.79 Å². The van der Waals surface area contributed by atoms with Gasteiger partial charge in [0.15, 0.2) is 0 Å². The zero-order valence-electron chi connectivity index (χ0n) is 7.71. The highest BCUT2D eigenvalue weighted by atomic mass is 32.1. The lowest BCUT2D eigenvalue weighted by Crippen LogP contribution is -2.29. The molecule has 1 amide bonds. The minimum absolute atomic E-state index is 0.0677. The van der Waals surface area contributed by atoms with Crippen LogP contribution in [-0.2, 0) is 14.4 Å². The molecule has 0 saturated heterocycles. The zero-order valence-corrected chi connectivity index (χ0v) is 8.61. The maximum absolute atomic E-state index is 10.9. The average molecular weight is 233 g/mol. The zero-order chi connectivity index (χ0) is 11.8. The minimum atomic E-state index is -1.22. The molecule has 0 aromatic carbocycles. The van der Waals surface area contributed by atoms with Crippen molar-refractivity contribution in [3.05, 3.63) is 12.2 Å². The summed E-state index contributed by atoms with van der Waals surface area (Å²) in [7, 11) is 0. The van der Waals surface area contributed by atoms with E-state index in [2.05, 4.69) is 17.9 Å². The van der Waals surface area contributed by atoms with Gasteiger partial charge in [0.25, 0.3) is 0 Å². The number of thiol groups is 1. The van der Waals surface area contributed by atoms with E-state index in [1.807, 2.05) is 0 Å². The highest BCUT2D eigenvalue weighted by molar-refractivity contribution is 7.81. The van der Waals surface area contributed by atoms with Crippen LogP contribution in [0.5, 0.6) is 0 Å². The largest absolute Gasteiger partial charge is 0.481 e. The van der Waals surface area contributed by atoms with Gasteiger partial charge in [0.05, 0.1) is 6.42 Å². The first kappa shape index (κ1) is 13.5. The average Bonchev–Trinajstić information content (AvgIpc) is 2.10. The summed E-state index contributed by atoms with van der Waals surface area (Å²) in [6.07, 6.45) is 1.37. The molecule has 0 aromatic rings. The number of rotatable bonds is 6. The topological polar surface area (TPSA) is 104 Å². The fourth-order valence-corrected chi connectivity index (χ4v) is 0.946. The van der Waals surface area contributed by atoms with Gasteiger partial charge in [0, 0.05) is 23.9 Å². The smallest absolute Gasteiger partial charge is 0.328 e. The van der Waals surface area contributed by atoms with Crippen LogP contribution >= 0.6 is 12.6 Å². The molecule has 0 fully saturated rings. The van der Waals surface area contributed by atoms with Crippen molar-refractivity contribution in [1.82, 2.24) is 5.32 Å². The Hall–Kier alpha value is -1.50. The molecule has 0 aromatic heterocycles. The number of amides is 1. The predicted molar refractivity (Wildman–Crippen MR) is 54.8 cm³/mol. The molecule has 0 aliphatic rings. The lowest BCUT2D eigenvalue weighted by molar-refractivity contribution is -0.137. The monoisotopic (exact) mass is 233 g/mol. The molecular weight excluding hydrogens is 222 g/mol. The molecule has 6 nitrogen and oxygen atoms in total. The number of carboxylic acids is 2. The van der Waals surface area contributed by atoms with Crippen molar-refractivity contribution in [1.29, 1.82) is 0 Å². The first-order valence-corrected chi connectivity index (χ1v) is 4.52. The van der Waals surface area contributed by atoms with Gasteiger partial charge in [-0.2, -0.15) is 12.6 Å². The Morgan fingerprint density at radius 2 is 1.87 bits per heavy atom. The summed E-state index contributed by atoms with van der Waals surface area (Å²) in [6.45, 7) is 0.0677. The van der Waals surface area contributed by atoms with E-state index in [4.69, 9.17) is 10.2 Å². The number of hydrogen-bond donors (Lipinski definition) is 4. The molecule has 15 heavy (non-hydrogen) atoms. The fourth-order valence-electron chi connectivity index (χ4n) is 0.698. The molecule has 0 heterocycles. The Bertz CT molecular complexity index is 289. The summed E-state index contributed by atoms with van der Waals surface area (Å²) < 4.78 is 0. The Morgan fingerprint density at radius 1 is 1.27 bits per heavy atom. The minimum Gasteiger partial charge on any atom is -0.481 e. The molecule has 0 spiro atoms. The van der Waals surface area contributed by atoms with Gasteiger partial charge in [0.1, 0.15) is 0 Å². The van der Waals surface area contributed by atoms with E-state index in [0.29, 0.717) is 6.08 Å². The third-order valence-electron chi connectivity index (χ3n) is 1.30. The summed E-state index contributed by atoms with van der Waals surface area (Å²) in [4.78, 5) is 31.1. The van der Waals surface area contributed by atoms with Crippen molar-refractivity contribution >= 4 is 30.5 Å². The maximum atomic E-state index is 10.9. The van der Waals surface area contributed by atoms with Crippen LogP contribution in [0.4, 0.5) is 0 Å². The van der Waals surface area contributed by atoms with E-state index < -0.39 is 23.1 Å². The standard InChI is InChI=1S/C8H11NO5S/c10-6(1-2-7(11)12)9-4-5(15)3-8(13)14/h1-2,5,15H,3-4H2,(H,9,10)(H,11,12)(H,13,14)/b2-1-. The molecule has 0 aliphatic heterocycles. The molecular formula is C8H11NO5S. The van der Waals surface area contributed by atoms with E-state index in [1.165, 1.54) is 0 Å². The Morgan fingerprint density at radius 3 is 2.33 bits per heavy atom. The quantitative estimate of drug-likeness (QED) is 0.366. The van der Waals surface area contributed by atoms with Gasteiger partial charge in [-0.15, -0.1) is 0 Å². The van der Waals surface area contributed by atoms with Gasteiger partial charge < -0.3 is 15.5 Å².